The highest BCUT2D eigenvalue weighted by Gasteiger charge is 2.25. The molecule has 1 fully saturated rings. The van der Waals surface area contributed by atoms with Crippen LogP contribution in [-0.4, -0.2) is 9.55 Å². The highest BCUT2D eigenvalue weighted by molar-refractivity contribution is 5.39. The van der Waals surface area contributed by atoms with Crippen molar-refractivity contribution in [2.75, 3.05) is 5.73 Å². The van der Waals surface area contributed by atoms with E-state index in [-0.39, 0.29) is 0 Å². The molecule has 0 aromatic carbocycles. The van der Waals surface area contributed by atoms with E-state index in [9.17, 15) is 0 Å². The van der Waals surface area contributed by atoms with Crippen molar-refractivity contribution in [3.63, 3.8) is 0 Å². The van der Waals surface area contributed by atoms with E-state index in [1.165, 1.54) is 57.2 Å². The van der Waals surface area contributed by atoms with Gasteiger partial charge in [0.1, 0.15) is 11.6 Å². The minimum absolute atomic E-state index is 0.620. The number of nitrogen functional groups attached to an aromatic ring is 1. The van der Waals surface area contributed by atoms with Crippen molar-refractivity contribution in [2.45, 2.75) is 91.0 Å². The van der Waals surface area contributed by atoms with Gasteiger partial charge in [-0.05, 0) is 31.6 Å². The predicted molar refractivity (Wildman–Crippen MR) is 90.5 cm³/mol. The minimum Gasteiger partial charge on any atom is -0.384 e. The molecule has 0 atom stereocenters. The molecule has 0 aliphatic heterocycles. The third kappa shape index (κ3) is 4.24. The van der Waals surface area contributed by atoms with Gasteiger partial charge in [-0.25, -0.2) is 4.98 Å². The Hall–Kier alpha value is -0.990. The lowest BCUT2D eigenvalue weighted by atomic mass is 10.1. The molecule has 2 rings (SSSR count). The van der Waals surface area contributed by atoms with Gasteiger partial charge < -0.3 is 10.3 Å². The van der Waals surface area contributed by atoms with Crippen LogP contribution in [0.25, 0.3) is 0 Å². The maximum Gasteiger partial charge on any atom is 0.126 e. The van der Waals surface area contributed by atoms with Crippen molar-refractivity contribution in [1.29, 1.82) is 0 Å². The van der Waals surface area contributed by atoms with Gasteiger partial charge in [0, 0.05) is 12.5 Å². The maximum atomic E-state index is 6.44. The molecule has 1 saturated carbocycles. The van der Waals surface area contributed by atoms with Crippen LogP contribution in [0.5, 0.6) is 0 Å². The van der Waals surface area contributed by atoms with Crippen molar-refractivity contribution in [1.82, 2.24) is 9.55 Å². The molecule has 1 aromatic heterocycles. The van der Waals surface area contributed by atoms with Gasteiger partial charge in [-0.15, -0.1) is 0 Å². The van der Waals surface area contributed by atoms with Crippen LogP contribution in [0.1, 0.15) is 89.6 Å². The zero-order valence-corrected chi connectivity index (χ0v) is 14.2. The van der Waals surface area contributed by atoms with Crippen LogP contribution < -0.4 is 5.73 Å². The third-order valence-electron chi connectivity index (χ3n) is 4.65. The molecular formula is C18H33N3. The van der Waals surface area contributed by atoms with E-state index >= 15 is 0 Å². The van der Waals surface area contributed by atoms with Crippen LogP contribution in [0.3, 0.4) is 0 Å². The van der Waals surface area contributed by atoms with Crippen molar-refractivity contribution in [2.24, 2.45) is 5.92 Å². The van der Waals surface area contributed by atoms with E-state index in [1.807, 2.05) is 0 Å². The molecule has 2 N–H and O–H groups in total. The van der Waals surface area contributed by atoms with Crippen LogP contribution in [-0.2, 0) is 13.0 Å². The van der Waals surface area contributed by atoms with Gasteiger partial charge in [0.25, 0.3) is 0 Å². The molecule has 120 valence electrons. The second-order valence-electron chi connectivity index (χ2n) is 7.10. The van der Waals surface area contributed by atoms with Gasteiger partial charge in [0.15, 0.2) is 0 Å². The number of nitrogens with zero attached hydrogens (tertiary/aromatic N) is 2. The number of aryl methyl sites for hydroxylation is 1. The molecule has 1 aromatic rings. The summed E-state index contributed by atoms with van der Waals surface area (Å²) in [6, 6.07) is 0. The molecule has 0 unspecified atom stereocenters. The smallest absolute Gasteiger partial charge is 0.126 e. The third-order valence-corrected chi connectivity index (χ3v) is 4.65. The summed E-state index contributed by atoms with van der Waals surface area (Å²) in [5.41, 5.74) is 7.60. The van der Waals surface area contributed by atoms with Gasteiger partial charge in [0.2, 0.25) is 0 Å². The zero-order chi connectivity index (χ0) is 15.2. The molecule has 1 aliphatic rings. The molecule has 0 amide bonds. The van der Waals surface area contributed by atoms with E-state index in [0.29, 0.717) is 11.8 Å². The Kier molecular flexibility index (Phi) is 6.13. The summed E-state index contributed by atoms with van der Waals surface area (Å²) in [5, 5.41) is 0. The average molecular weight is 291 g/mol. The van der Waals surface area contributed by atoms with Gasteiger partial charge in [-0.1, -0.05) is 52.9 Å². The predicted octanol–water partition coefficient (Wildman–Crippen LogP) is 4.90. The Morgan fingerprint density at radius 1 is 1.19 bits per heavy atom. The van der Waals surface area contributed by atoms with E-state index in [0.717, 1.165) is 24.5 Å². The second-order valence-corrected chi connectivity index (χ2v) is 7.10. The number of aromatic nitrogens is 2. The van der Waals surface area contributed by atoms with Gasteiger partial charge >= 0.3 is 0 Å². The lowest BCUT2D eigenvalue weighted by Crippen LogP contribution is -2.13. The lowest BCUT2D eigenvalue weighted by molar-refractivity contribution is 0.492. The summed E-state index contributed by atoms with van der Waals surface area (Å²) in [7, 11) is 0. The first-order valence-corrected chi connectivity index (χ1v) is 8.98. The Bertz CT molecular complexity index is 428. The van der Waals surface area contributed by atoms with Gasteiger partial charge in [0.05, 0.1) is 5.69 Å². The molecule has 3 nitrogen and oxygen atoms in total. The molecule has 1 heterocycles. The standard InChI is InChI=1S/C18H33N3/c1-4-5-6-7-12-16-17(19)21(13-14(2)3)18(20-16)15-10-8-9-11-15/h14-15H,4-13,19H2,1-3H3. The molecule has 0 bridgehead atoms. The summed E-state index contributed by atoms with van der Waals surface area (Å²) in [6.45, 7) is 7.79. The number of anilines is 1. The monoisotopic (exact) mass is 291 g/mol. The number of nitrogens with two attached hydrogens (primary N) is 1. The Morgan fingerprint density at radius 2 is 1.90 bits per heavy atom. The largest absolute Gasteiger partial charge is 0.384 e. The highest BCUT2D eigenvalue weighted by Crippen LogP contribution is 2.35. The first kappa shape index (κ1) is 16.4. The van der Waals surface area contributed by atoms with E-state index < -0.39 is 0 Å². The molecule has 3 heteroatoms. The Morgan fingerprint density at radius 3 is 2.52 bits per heavy atom. The summed E-state index contributed by atoms with van der Waals surface area (Å²) >= 11 is 0. The van der Waals surface area contributed by atoms with Crippen LogP contribution in [0.4, 0.5) is 5.82 Å². The molecule has 0 radical (unpaired) electrons. The number of unbranched alkanes of at least 4 members (excludes halogenated alkanes) is 3. The number of hydrogen-bond donors (Lipinski definition) is 1. The first-order valence-electron chi connectivity index (χ1n) is 8.98. The first-order chi connectivity index (χ1) is 10.1. The molecule has 0 spiro atoms. The van der Waals surface area contributed by atoms with Crippen LogP contribution >= 0.6 is 0 Å². The normalized spacial score (nSPS) is 16.2. The lowest BCUT2D eigenvalue weighted by Gasteiger charge is -2.15. The van der Waals surface area contributed by atoms with Gasteiger partial charge in [-0.2, -0.15) is 0 Å². The fourth-order valence-electron chi connectivity index (χ4n) is 3.49. The molecule has 0 saturated heterocycles. The number of hydrogen-bond acceptors (Lipinski definition) is 2. The van der Waals surface area contributed by atoms with Crippen molar-refractivity contribution in [3.8, 4) is 0 Å². The van der Waals surface area contributed by atoms with Crippen LogP contribution in [0.15, 0.2) is 0 Å². The fourth-order valence-corrected chi connectivity index (χ4v) is 3.49. The van der Waals surface area contributed by atoms with Crippen LogP contribution in [0, 0.1) is 5.92 Å². The highest BCUT2D eigenvalue weighted by atomic mass is 15.1. The maximum absolute atomic E-state index is 6.44. The molecule has 21 heavy (non-hydrogen) atoms. The van der Waals surface area contributed by atoms with Crippen molar-refractivity contribution in [3.05, 3.63) is 11.5 Å². The van der Waals surface area contributed by atoms with Crippen molar-refractivity contribution < 1.29 is 0 Å². The topological polar surface area (TPSA) is 43.8 Å². The average Bonchev–Trinajstić information content (AvgIpc) is 3.06. The zero-order valence-electron chi connectivity index (χ0n) is 14.2. The second kappa shape index (κ2) is 7.86. The fraction of sp³-hybridized carbons (Fsp3) is 0.833. The quantitative estimate of drug-likeness (QED) is 0.692. The summed E-state index contributed by atoms with van der Waals surface area (Å²) in [5.74, 6) is 3.50. The van der Waals surface area contributed by atoms with E-state index in [2.05, 4.69) is 25.3 Å². The van der Waals surface area contributed by atoms with E-state index in [4.69, 9.17) is 10.7 Å². The Balaban J connectivity index is 2.13. The molecular weight excluding hydrogens is 258 g/mol. The number of imidazole rings is 1. The minimum atomic E-state index is 0.620. The van der Waals surface area contributed by atoms with Crippen LogP contribution in [0.2, 0.25) is 0 Å². The van der Waals surface area contributed by atoms with Gasteiger partial charge in [-0.3, -0.25) is 0 Å². The summed E-state index contributed by atoms with van der Waals surface area (Å²) < 4.78 is 2.33. The van der Waals surface area contributed by atoms with Crippen molar-refractivity contribution >= 4 is 5.82 Å². The SMILES string of the molecule is CCCCCCc1nc(C2CCCC2)n(CC(C)C)c1N. The summed E-state index contributed by atoms with van der Waals surface area (Å²) in [6.07, 6.45) is 11.5. The molecule has 1 aliphatic carbocycles. The number of rotatable bonds is 8. The Labute approximate surface area is 130 Å². The summed E-state index contributed by atoms with van der Waals surface area (Å²) in [4.78, 5) is 4.98. The van der Waals surface area contributed by atoms with E-state index in [1.54, 1.807) is 0 Å².